The summed E-state index contributed by atoms with van der Waals surface area (Å²) in [7, 11) is 0. The molecule has 0 unspecified atom stereocenters. The van der Waals surface area contributed by atoms with Crippen LogP contribution in [0.1, 0.15) is 40.2 Å². The third-order valence-corrected chi connectivity index (χ3v) is 6.09. The van der Waals surface area contributed by atoms with Gasteiger partial charge in [0.15, 0.2) is 0 Å². The molecule has 4 nitrogen and oxygen atoms in total. The van der Waals surface area contributed by atoms with Crippen LogP contribution in [0.4, 0.5) is 0 Å². The summed E-state index contributed by atoms with van der Waals surface area (Å²) in [6.45, 7) is 2.60. The van der Waals surface area contributed by atoms with E-state index >= 15 is 0 Å². The Morgan fingerprint density at radius 3 is 2.44 bits per heavy atom. The number of hydrogen-bond donors (Lipinski definition) is 0. The van der Waals surface area contributed by atoms with Crippen molar-refractivity contribution in [1.82, 2.24) is 14.5 Å². The minimum absolute atomic E-state index is 0.165. The monoisotopic (exact) mass is 357 g/mol. The van der Waals surface area contributed by atoms with E-state index < -0.39 is 0 Å². The van der Waals surface area contributed by atoms with Gasteiger partial charge in [0.25, 0.3) is 5.91 Å². The van der Waals surface area contributed by atoms with E-state index in [1.165, 1.54) is 24.0 Å². The van der Waals surface area contributed by atoms with Gasteiger partial charge in [0.05, 0.1) is 6.33 Å². The third kappa shape index (κ3) is 3.05. The maximum absolute atomic E-state index is 12.7. The summed E-state index contributed by atoms with van der Waals surface area (Å²) in [5.74, 6) is 0.837. The first-order valence-corrected chi connectivity index (χ1v) is 9.60. The smallest absolute Gasteiger partial charge is 0.253 e. The highest BCUT2D eigenvalue weighted by atomic mass is 16.2. The Morgan fingerprint density at radius 2 is 1.78 bits per heavy atom. The number of hydrogen-bond acceptors (Lipinski definition) is 2. The first-order valence-electron chi connectivity index (χ1n) is 9.60. The Balaban J connectivity index is 1.16. The second kappa shape index (κ2) is 6.38. The molecule has 2 aliphatic rings. The van der Waals surface area contributed by atoms with E-state index in [0.29, 0.717) is 11.3 Å². The average molecular weight is 357 g/mol. The lowest BCUT2D eigenvalue weighted by molar-refractivity contribution is -0.0554. The quantitative estimate of drug-likeness (QED) is 0.709. The second-order valence-corrected chi connectivity index (χ2v) is 8.11. The Kier molecular flexibility index (Phi) is 3.85. The normalized spacial score (nSPS) is 18.1. The molecule has 0 atom stereocenters. The number of likely N-dealkylation sites (tertiary alicyclic amines) is 1. The largest absolute Gasteiger partial charge is 0.337 e. The maximum Gasteiger partial charge on any atom is 0.253 e. The Bertz CT molecular complexity index is 918. The van der Waals surface area contributed by atoms with Gasteiger partial charge >= 0.3 is 0 Å². The van der Waals surface area contributed by atoms with Crippen LogP contribution >= 0.6 is 0 Å². The number of benzene rings is 2. The van der Waals surface area contributed by atoms with Crippen molar-refractivity contribution in [2.45, 2.75) is 25.3 Å². The van der Waals surface area contributed by atoms with E-state index in [1.54, 1.807) is 12.5 Å². The van der Waals surface area contributed by atoms with E-state index in [4.69, 9.17) is 0 Å². The molecule has 5 rings (SSSR count). The lowest BCUT2D eigenvalue weighted by Gasteiger charge is -2.59. The fourth-order valence-electron chi connectivity index (χ4n) is 4.64. The Labute approximate surface area is 159 Å². The zero-order valence-electron chi connectivity index (χ0n) is 15.3. The van der Waals surface area contributed by atoms with E-state index in [-0.39, 0.29) is 5.91 Å². The van der Waals surface area contributed by atoms with Gasteiger partial charge in [-0.3, -0.25) is 4.79 Å². The molecule has 1 aromatic heterocycles. The van der Waals surface area contributed by atoms with E-state index in [2.05, 4.69) is 35.3 Å². The van der Waals surface area contributed by atoms with Gasteiger partial charge in [-0.25, -0.2) is 4.98 Å². The summed E-state index contributed by atoms with van der Waals surface area (Å²) in [5.41, 5.74) is 3.78. The first kappa shape index (κ1) is 16.3. The van der Waals surface area contributed by atoms with Gasteiger partial charge in [0.2, 0.25) is 0 Å². The van der Waals surface area contributed by atoms with Crippen LogP contribution in [0, 0.1) is 5.41 Å². The molecule has 136 valence electrons. The number of carbonyl (C=O) groups is 1. The predicted octanol–water partition coefficient (Wildman–Crippen LogP) is 3.95. The number of carbonyl (C=O) groups excluding carboxylic acids is 1. The molecule has 1 aliphatic carbocycles. The third-order valence-electron chi connectivity index (χ3n) is 6.09. The molecule has 27 heavy (non-hydrogen) atoms. The van der Waals surface area contributed by atoms with Crippen molar-refractivity contribution < 1.29 is 4.79 Å². The highest BCUT2D eigenvalue weighted by molar-refractivity contribution is 5.95. The van der Waals surface area contributed by atoms with Gasteiger partial charge in [-0.2, -0.15) is 0 Å². The molecular formula is C23H23N3O. The highest BCUT2D eigenvalue weighted by Crippen LogP contribution is 2.56. The van der Waals surface area contributed by atoms with Crippen LogP contribution in [0.25, 0.3) is 0 Å². The minimum atomic E-state index is 0.165. The first-order chi connectivity index (χ1) is 13.2. The van der Waals surface area contributed by atoms with Crippen LogP contribution in [0.5, 0.6) is 0 Å². The van der Waals surface area contributed by atoms with Gasteiger partial charge in [-0.15, -0.1) is 0 Å². The zero-order valence-corrected chi connectivity index (χ0v) is 15.3. The molecule has 1 saturated heterocycles. The maximum atomic E-state index is 12.7. The number of nitrogens with zero attached hydrogens (tertiary/aromatic N) is 3. The summed E-state index contributed by atoms with van der Waals surface area (Å²) >= 11 is 0. The van der Waals surface area contributed by atoms with Crippen molar-refractivity contribution in [3.05, 3.63) is 90.0 Å². The van der Waals surface area contributed by atoms with Gasteiger partial charge in [0.1, 0.15) is 0 Å². The van der Waals surface area contributed by atoms with Crippen LogP contribution < -0.4 is 0 Å². The molecule has 2 heterocycles. The molecular weight excluding hydrogens is 334 g/mol. The molecule has 4 heteroatoms. The molecule has 1 aliphatic heterocycles. The number of imidazole rings is 1. The van der Waals surface area contributed by atoms with E-state index in [9.17, 15) is 4.79 Å². The Morgan fingerprint density at radius 1 is 1.04 bits per heavy atom. The molecule has 0 bridgehead atoms. The van der Waals surface area contributed by atoms with Crippen molar-refractivity contribution in [3.63, 3.8) is 0 Å². The molecule has 1 saturated carbocycles. The Hall–Kier alpha value is -2.88. The molecule has 1 amide bonds. The summed E-state index contributed by atoms with van der Waals surface area (Å²) < 4.78 is 2.02. The van der Waals surface area contributed by atoms with Crippen molar-refractivity contribution >= 4 is 5.91 Å². The minimum Gasteiger partial charge on any atom is -0.337 e. The number of rotatable bonds is 4. The predicted molar refractivity (Wildman–Crippen MR) is 105 cm³/mol. The topological polar surface area (TPSA) is 38.1 Å². The van der Waals surface area contributed by atoms with E-state index in [1.807, 2.05) is 39.9 Å². The molecule has 0 radical (unpaired) electrons. The molecule has 0 N–H and O–H groups in total. The van der Waals surface area contributed by atoms with Gasteiger partial charge < -0.3 is 9.47 Å². The fraction of sp³-hybridized carbons (Fsp3) is 0.304. The van der Waals surface area contributed by atoms with Gasteiger partial charge in [-0.1, -0.05) is 42.5 Å². The molecule has 2 aromatic carbocycles. The van der Waals surface area contributed by atoms with Crippen LogP contribution in [-0.2, 0) is 6.54 Å². The van der Waals surface area contributed by atoms with Crippen LogP contribution in [0.15, 0.2) is 73.3 Å². The molecule has 3 aromatic rings. The number of aromatic nitrogens is 2. The van der Waals surface area contributed by atoms with Crippen molar-refractivity contribution in [2.24, 2.45) is 5.41 Å². The number of amides is 1. The second-order valence-electron chi connectivity index (χ2n) is 8.11. The summed E-state index contributed by atoms with van der Waals surface area (Å²) in [4.78, 5) is 18.8. The average Bonchev–Trinajstić information content (AvgIpc) is 3.14. The van der Waals surface area contributed by atoms with Crippen molar-refractivity contribution in [2.75, 3.05) is 13.1 Å². The molecule has 2 fully saturated rings. The lowest BCUT2D eigenvalue weighted by Crippen LogP contribution is -2.63. The lowest BCUT2D eigenvalue weighted by atomic mass is 9.56. The van der Waals surface area contributed by atoms with E-state index in [0.717, 1.165) is 25.2 Å². The summed E-state index contributed by atoms with van der Waals surface area (Å²) in [6.07, 6.45) is 7.95. The zero-order chi connectivity index (χ0) is 18.3. The van der Waals surface area contributed by atoms with Crippen LogP contribution in [0.2, 0.25) is 0 Å². The SMILES string of the molecule is O=C(c1ccc(Cn2ccnc2)cc1)N1CC2(CC(c3ccccc3)C2)C1. The van der Waals surface area contributed by atoms with Crippen LogP contribution in [0.3, 0.4) is 0 Å². The van der Waals surface area contributed by atoms with Gasteiger partial charge in [0, 0.05) is 43.0 Å². The van der Waals surface area contributed by atoms with Gasteiger partial charge in [-0.05, 0) is 42.0 Å². The van der Waals surface area contributed by atoms with Crippen LogP contribution in [-0.4, -0.2) is 33.4 Å². The fourth-order valence-corrected chi connectivity index (χ4v) is 4.64. The molecule has 1 spiro atoms. The van der Waals surface area contributed by atoms with Crippen molar-refractivity contribution in [1.29, 1.82) is 0 Å². The summed E-state index contributed by atoms with van der Waals surface area (Å²) in [5, 5.41) is 0. The summed E-state index contributed by atoms with van der Waals surface area (Å²) in [6, 6.07) is 18.7. The van der Waals surface area contributed by atoms with Crippen molar-refractivity contribution in [3.8, 4) is 0 Å². The standard InChI is InChI=1S/C23H23N3O/c27-22(20-8-6-18(7-9-20)14-25-11-10-24-17-25)26-15-23(16-26)12-21(13-23)19-4-2-1-3-5-19/h1-11,17,21H,12-16H2. The highest BCUT2D eigenvalue weighted by Gasteiger charge is 2.53.